The molecule has 2 atom stereocenters. The van der Waals surface area contributed by atoms with Crippen molar-refractivity contribution in [2.45, 2.75) is 38.8 Å². The molecular weight excluding hydrogens is 315 g/mol. The fourth-order valence-electron chi connectivity index (χ4n) is 2.18. The van der Waals surface area contributed by atoms with Crippen LogP contribution in [-0.2, 0) is 5.60 Å². The molecule has 0 saturated carbocycles. The lowest BCUT2D eigenvalue weighted by Crippen LogP contribution is -2.44. The molecule has 8 heteroatoms. The SMILES string of the molecule is CCC(NC(=O)NCC(C)(O)c1ccc(F)cc1)c1noc(C)n1. The summed E-state index contributed by atoms with van der Waals surface area (Å²) in [5.74, 6) is 0.432. The van der Waals surface area contributed by atoms with Gasteiger partial charge < -0.3 is 20.3 Å². The summed E-state index contributed by atoms with van der Waals surface area (Å²) in [6, 6.07) is 4.62. The lowest BCUT2D eigenvalue weighted by atomic mass is 9.96. The topological polar surface area (TPSA) is 100 Å². The Labute approximate surface area is 139 Å². The third kappa shape index (κ3) is 4.51. The smallest absolute Gasteiger partial charge is 0.315 e. The van der Waals surface area contributed by atoms with Crippen molar-refractivity contribution in [1.29, 1.82) is 0 Å². The van der Waals surface area contributed by atoms with Crippen molar-refractivity contribution in [3.05, 3.63) is 47.4 Å². The van der Waals surface area contributed by atoms with Crippen LogP contribution in [0.15, 0.2) is 28.8 Å². The van der Waals surface area contributed by atoms with Gasteiger partial charge in [-0.05, 0) is 31.0 Å². The Hall–Kier alpha value is -2.48. The Balaban J connectivity index is 1.93. The van der Waals surface area contributed by atoms with Gasteiger partial charge in [-0.1, -0.05) is 24.2 Å². The van der Waals surface area contributed by atoms with E-state index in [2.05, 4.69) is 20.8 Å². The number of aliphatic hydroxyl groups is 1. The summed E-state index contributed by atoms with van der Waals surface area (Å²) in [6.07, 6.45) is 0.584. The summed E-state index contributed by atoms with van der Waals surface area (Å²) in [5, 5.41) is 19.5. The summed E-state index contributed by atoms with van der Waals surface area (Å²) >= 11 is 0. The van der Waals surface area contributed by atoms with Crippen LogP contribution in [0.25, 0.3) is 0 Å². The highest BCUT2D eigenvalue weighted by molar-refractivity contribution is 5.74. The number of halogens is 1. The van der Waals surface area contributed by atoms with Gasteiger partial charge in [0.1, 0.15) is 11.4 Å². The van der Waals surface area contributed by atoms with E-state index in [0.29, 0.717) is 23.7 Å². The van der Waals surface area contributed by atoms with E-state index in [1.54, 1.807) is 13.8 Å². The van der Waals surface area contributed by atoms with E-state index in [0.717, 1.165) is 0 Å². The van der Waals surface area contributed by atoms with Crippen molar-refractivity contribution in [3.8, 4) is 0 Å². The summed E-state index contributed by atoms with van der Waals surface area (Å²) in [7, 11) is 0. The van der Waals surface area contributed by atoms with Crippen molar-refractivity contribution in [2.24, 2.45) is 0 Å². The number of hydrogen-bond donors (Lipinski definition) is 3. The van der Waals surface area contributed by atoms with E-state index < -0.39 is 17.7 Å². The van der Waals surface area contributed by atoms with E-state index in [4.69, 9.17) is 4.52 Å². The molecule has 0 bridgehead atoms. The zero-order valence-electron chi connectivity index (χ0n) is 13.8. The molecule has 7 nitrogen and oxygen atoms in total. The number of amides is 2. The molecule has 1 aromatic carbocycles. The molecule has 2 amide bonds. The van der Waals surface area contributed by atoms with Gasteiger partial charge in [0.05, 0.1) is 12.6 Å². The predicted octanol–water partition coefficient (Wildman–Crippen LogP) is 2.18. The van der Waals surface area contributed by atoms with Crippen LogP contribution in [0.4, 0.5) is 9.18 Å². The molecule has 0 aliphatic carbocycles. The second kappa shape index (κ2) is 7.39. The number of aryl methyl sites for hydroxylation is 1. The maximum Gasteiger partial charge on any atom is 0.315 e. The number of urea groups is 1. The summed E-state index contributed by atoms with van der Waals surface area (Å²) < 4.78 is 17.9. The first-order chi connectivity index (χ1) is 11.3. The second-order valence-electron chi connectivity index (χ2n) is 5.74. The zero-order valence-corrected chi connectivity index (χ0v) is 13.8. The molecule has 0 radical (unpaired) electrons. The summed E-state index contributed by atoms with van der Waals surface area (Å²) in [5.41, 5.74) is -0.819. The van der Waals surface area contributed by atoms with Gasteiger partial charge in [-0.3, -0.25) is 0 Å². The van der Waals surface area contributed by atoms with Gasteiger partial charge in [-0.25, -0.2) is 9.18 Å². The third-order valence-corrected chi connectivity index (χ3v) is 3.63. The average molecular weight is 336 g/mol. The van der Waals surface area contributed by atoms with Gasteiger partial charge in [0, 0.05) is 6.92 Å². The first-order valence-electron chi connectivity index (χ1n) is 7.65. The number of carbonyl (C=O) groups is 1. The van der Waals surface area contributed by atoms with Gasteiger partial charge in [0.2, 0.25) is 5.89 Å². The zero-order chi connectivity index (χ0) is 17.7. The predicted molar refractivity (Wildman–Crippen MR) is 84.6 cm³/mol. The Kier molecular flexibility index (Phi) is 5.50. The molecule has 0 aliphatic rings. The Bertz CT molecular complexity index is 685. The molecule has 2 unspecified atom stereocenters. The maximum atomic E-state index is 13.0. The minimum absolute atomic E-state index is 0.0355. The second-order valence-corrected chi connectivity index (χ2v) is 5.74. The molecule has 0 saturated heterocycles. The van der Waals surface area contributed by atoms with Crippen LogP contribution < -0.4 is 10.6 Å². The molecule has 0 spiro atoms. The third-order valence-electron chi connectivity index (χ3n) is 3.63. The van der Waals surface area contributed by atoms with Gasteiger partial charge in [0.15, 0.2) is 5.82 Å². The highest BCUT2D eigenvalue weighted by atomic mass is 19.1. The van der Waals surface area contributed by atoms with Crippen molar-refractivity contribution < 1.29 is 18.8 Å². The average Bonchev–Trinajstić information content (AvgIpc) is 2.97. The summed E-state index contributed by atoms with van der Waals surface area (Å²) in [6.45, 7) is 5.06. The van der Waals surface area contributed by atoms with Crippen molar-refractivity contribution in [2.75, 3.05) is 6.54 Å². The van der Waals surface area contributed by atoms with Gasteiger partial charge in [-0.15, -0.1) is 0 Å². The molecule has 2 aromatic rings. The Morgan fingerprint density at radius 2 is 2.08 bits per heavy atom. The number of benzene rings is 1. The number of rotatable bonds is 6. The van der Waals surface area contributed by atoms with E-state index in [1.807, 2.05) is 6.92 Å². The fraction of sp³-hybridized carbons (Fsp3) is 0.438. The van der Waals surface area contributed by atoms with E-state index in [-0.39, 0.29) is 12.4 Å². The van der Waals surface area contributed by atoms with Gasteiger partial charge in [0.25, 0.3) is 0 Å². The minimum Gasteiger partial charge on any atom is -0.384 e. The normalized spacial score (nSPS) is 14.7. The molecule has 1 aromatic heterocycles. The van der Waals surface area contributed by atoms with Crippen LogP contribution in [0.5, 0.6) is 0 Å². The van der Waals surface area contributed by atoms with E-state index >= 15 is 0 Å². The van der Waals surface area contributed by atoms with Gasteiger partial charge >= 0.3 is 6.03 Å². The van der Waals surface area contributed by atoms with Crippen molar-refractivity contribution >= 4 is 6.03 Å². The quantitative estimate of drug-likeness (QED) is 0.751. The Morgan fingerprint density at radius 3 is 2.62 bits per heavy atom. The molecule has 1 heterocycles. The van der Waals surface area contributed by atoms with E-state index in [9.17, 15) is 14.3 Å². The van der Waals surface area contributed by atoms with Crippen LogP contribution in [0.3, 0.4) is 0 Å². The lowest BCUT2D eigenvalue weighted by molar-refractivity contribution is 0.0591. The molecular formula is C16H21FN4O3. The van der Waals surface area contributed by atoms with Crippen LogP contribution in [0.1, 0.15) is 43.6 Å². The van der Waals surface area contributed by atoms with Gasteiger partial charge in [-0.2, -0.15) is 4.98 Å². The largest absolute Gasteiger partial charge is 0.384 e. The van der Waals surface area contributed by atoms with Crippen molar-refractivity contribution in [3.63, 3.8) is 0 Å². The highest BCUT2D eigenvalue weighted by Crippen LogP contribution is 2.20. The molecule has 2 rings (SSSR count). The number of nitrogens with one attached hydrogen (secondary N) is 2. The lowest BCUT2D eigenvalue weighted by Gasteiger charge is -2.25. The molecule has 0 aliphatic heterocycles. The number of hydrogen-bond acceptors (Lipinski definition) is 5. The summed E-state index contributed by atoms with van der Waals surface area (Å²) in [4.78, 5) is 16.1. The fourth-order valence-corrected chi connectivity index (χ4v) is 2.18. The number of aromatic nitrogens is 2. The molecule has 3 N–H and O–H groups in total. The molecule has 24 heavy (non-hydrogen) atoms. The van der Waals surface area contributed by atoms with E-state index in [1.165, 1.54) is 24.3 Å². The number of nitrogens with zero attached hydrogens (tertiary/aromatic N) is 2. The minimum atomic E-state index is -1.32. The monoisotopic (exact) mass is 336 g/mol. The molecule has 130 valence electrons. The Morgan fingerprint density at radius 1 is 1.42 bits per heavy atom. The van der Waals surface area contributed by atoms with Crippen LogP contribution in [0, 0.1) is 12.7 Å². The standard InChI is InChI=1S/C16H21FN4O3/c1-4-13(14-19-10(2)24-21-14)20-15(22)18-9-16(3,23)11-5-7-12(17)8-6-11/h5-8,13,23H,4,9H2,1-3H3,(H2,18,20,22). The molecule has 0 fully saturated rings. The van der Waals surface area contributed by atoms with Crippen LogP contribution in [0.2, 0.25) is 0 Å². The first kappa shape index (κ1) is 17.9. The number of carbonyl (C=O) groups excluding carboxylic acids is 1. The highest BCUT2D eigenvalue weighted by Gasteiger charge is 2.25. The van der Waals surface area contributed by atoms with Crippen LogP contribution >= 0.6 is 0 Å². The first-order valence-corrected chi connectivity index (χ1v) is 7.65. The maximum absolute atomic E-state index is 13.0. The van der Waals surface area contributed by atoms with Crippen molar-refractivity contribution in [1.82, 2.24) is 20.8 Å². The van der Waals surface area contributed by atoms with Crippen LogP contribution in [-0.4, -0.2) is 27.8 Å².